The Balaban J connectivity index is -0.000000120. The van der Waals surface area contributed by atoms with E-state index in [0.29, 0.717) is 0 Å². The van der Waals surface area contributed by atoms with Crippen LogP contribution in [0.1, 0.15) is 4.88 Å². The first-order valence-electron chi connectivity index (χ1n) is 1.90. The molecule has 0 atom stereocenters. The predicted molar refractivity (Wildman–Crippen MR) is 34.8 cm³/mol. The van der Waals surface area contributed by atoms with Crippen LogP contribution in [-0.4, -0.2) is 23.1 Å². The normalized spacial score (nSPS) is 5.89. The molecule has 0 fully saturated rings. The second-order valence-corrected chi connectivity index (χ2v) is 2.38. The van der Waals surface area contributed by atoms with Gasteiger partial charge in [-0.25, -0.2) is 0 Å². The number of thiophene rings is 1. The maximum absolute atomic E-state index is 2.10. The second-order valence-electron chi connectivity index (χ2n) is 1.22. The Hall–Kier alpha value is 1.43. The molecule has 0 spiro atoms. The number of hydrogen-bond acceptors (Lipinski definition) is 1. The van der Waals surface area contributed by atoms with Crippen molar-refractivity contribution in [1.29, 1.82) is 0 Å². The van der Waals surface area contributed by atoms with Crippen LogP contribution in [0.2, 0.25) is 0 Å². The molecule has 1 aromatic rings. The minimum absolute atomic E-state index is 0. The van der Waals surface area contributed by atoms with Gasteiger partial charge in [-0.3, -0.25) is 0 Å². The molecular weight excluding hydrogens is 276 g/mol. The molecule has 0 radical (unpaired) electrons. The molecule has 9 heavy (non-hydrogen) atoms. The molecule has 0 unspecified atom stereocenters. The van der Waals surface area contributed by atoms with Gasteiger partial charge in [-0.2, -0.15) is 0 Å². The SMILES string of the molecule is Cc1cccs1.[Br-].[Br-].[Mg+2]. The molecule has 1 rings (SSSR count). The fraction of sp³-hybridized carbons (Fsp3) is 0.200. The van der Waals surface area contributed by atoms with E-state index in [1.165, 1.54) is 4.88 Å². The Morgan fingerprint density at radius 2 is 1.89 bits per heavy atom. The zero-order chi connectivity index (χ0) is 4.41. The van der Waals surface area contributed by atoms with E-state index >= 15 is 0 Å². The van der Waals surface area contributed by atoms with E-state index in [-0.39, 0.29) is 57.0 Å². The van der Waals surface area contributed by atoms with Crippen LogP contribution in [0.25, 0.3) is 0 Å². The molecule has 0 aliphatic rings. The van der Waals surface area contributed by atoms with E-state index in [4.69, 9.17) is 0 Å². The maximum Gasteiger partial charge on any atom is 2.00 e. The topological polar surface area (TPSA) is 0 Å². The minimum atomic E-state index is 0. The van der Waals surface area contributed by atoms with E-state index in [0.717, 1.165) is 0 Å². The zero-order valence-corrected chi connectivity index (χ0v) is 10.5. The van der Waals surface area contributed by atoms with Gasteiger partial charge >= 0.3 is 23.1 Å². The molecule has 1 aromatic heterocycles. The van der Waals surface area contributed by atoms with Crippen LogP contribution < -0.4 is 34.0 Å². The third-order valence-corrected chi connectivity index (χ3v) is 1.46. The Kier molecular flexibility index (Phi) is 17.6. The summed E-state index contributed by atoms with van der Waals surface area (Å²) >= 11 is 1.78. The van der Waals surface area contributed by atoms with E-state index in [1.807, 2.05) is 0 Å². The van der Waals surface area contributed by atoms with Crippen molar-refractivity contribution in [2.75, 3.05) is 0 Å². The summed E-state index contributed by atoms with van der Waals surface area (Å²) in [7, 11) is 0. The maximum atomic E-state index is 2.10. The molecule has 0 N–H and O–H groups in total. The predicted octanol–water partition coefficient (Wildman–Crippen LogP) is -4.32. The van der Waals surface area contributed by atoms with Crippen LogP contribution in [0.5, 0.6) is 0 Å². The molecule has 4 heteroatoms. The Morgan fingerprint density at radius 1 is 1.33 bits per heavy atom. The van der Waals surface area contributed by atoms with Crippen molar-refractivity contribution >= 4 is 34.4 Å². The van der Waals surface area contributed by atoms with Crippen molar-refractivity contribution in [3.8, 4) is 0 Å². The van der Waals surface area contributed by atoms with Gasteiger partial charge in [0.15, 0.2) is 0 Å². The van der Waals surface area contributed by atoms with E-state index in [9.17, 15) is 0 Å². The van der Waals surface area contributed by atoms with Gasteiger partial charge in [0.1, 0.15) is 0 Å². The van der Waals surface area contributed by atoms with Gasteiger partial charge < -0.3 is 34.0 Å². The molecule has 0 saturated heterocycles. The van der Waals surface area contributed by atoms with Crippen LogP contribution >= 0.6 is 11.3 Å². The van der Waals surface area contributed by atoms with Crippen molar-refractivity contribution < 1.29 is 34.0 Å². The third-order valence-electron chi connectivity index (χ3n) is 0.663. The second kappa shape index (κ2) is 9.43. The summed E-state index contributed by atoms with van der Waals surface area (Å²) in [6.45, 7) is 2.10. The van der Waals surface area contributed by atoms with Crippen molar-refractivity contribution in [2.24, 2.45) is 0 Å². The molecule has 1 heterocycles. The Bertz CT molecular complexity index is 119. The van der Waals surface area contributed by atoms with E-state index in [2.05, 4.69) is 24.4 Å². The summed E-state index contributed by atoms with van der Waals surface area (Å²) in [5.41, 5.74) is 0. The third kappa shape index (κ3) is 7.32. The van der Waals surface area contributed by atoms with E-state index < -0.39 is 0 Å². The molecule has 0 aliphatic carbocycles. The summed E-state index contributed by atoms with van der Waals surface area (Å²) < 4.78 is 0. The van der Waals surface area contributed by atoms with Gasteiger partial charge in [-0.1, -0.05) is 6.07 Å². The van der Waals surface area contributed by atoms with Gasteiger partial charge in [0, 0.05) is 4.88 Å². The average molecular weight is 282 g/mol. The molecule has 48 valence electrons. The first-order valence-corrected chi connectivity index (χ1v) is 2.77. The summed E-state index contributed by atoms with van der Waals surface area (Å²) in [6.07, 6.45) is 0. The van der Waals surface area contributed by atoms with Gasteiger partial charge in [-0.05, 0) is 18.4 Å². The summed E-state index contributed by atoms with van der Waals surface area (Å²) in [4.78, 5) is 1.38. The molecule has 0 nitrogen and oxygen atoms in total. The van der Waals surface area contributed by atoms with Gasteiger partial charge in [0.25, 0.3) is 0 Å². The van der Waals surface area contributed by atoms with Crippen LogP contribution in [0.3, 0.4) is 0 Å². The van der Waals surface area contributed by atoms with Crippen molar-refractivity contribution in [2.45, 2.75) is 6.92 Å². The van der Waals surface area contributed by atoms with Gasteiger partial charge in [0.05, 0.1) is 0 Å². The molecule has 0 amide bonds. The summed E-state index contributed by atoms with van der Waals surface area (Å²) in [6, 6.07) is 4.16. The van der Waals surface area contributed by atoms with Crippen molar-refractivity contribution in [3.63, 3.8) is 0 Å². The first kappa shape index (κ1) is 16.8. The average Bonchev–Trinajstić information content (AvgIpc) is 1.86. The van der Waals surface area contributed by atoms with Crippen LogP contribution in [0.4, 0.5) is 0 Å². The van der Waals surface area contributed by atoms with Gasteiger partial charge in [-0.15, -0.1) is 11.3 Å². The minimum Gasteiger partial charge on any atom is -1.00 e. The Morgan fingerprint density at radius 3 is 2.00 bits per heavy atom. The summed E-state index contributed by atoms with van der Waals surface area (Å²) in [5, 5.41) is 2.08. The van der Waals surface area contributed by atoms with Crippen molar-refractivity contribution in [1.82, 2.24) is 0 Å². The largest absolute Gasteiger partial charge is 2.00 e. The van der Waals surface area contributed by atoms with Gasteiger partial charge in [0.2, 0.25) is 0 Å². The summed E-state index contributed by atoms with van der Waals surface area (Å²) in [5.74, 6) is 0. The Labute approximate surface area is 96.7 Å². The molecule has 0 aliphatic heterocycles. The number of rotatable bonds is 0. The zero-order valence-electron chi connectivity index (χ0n) is 5.10. The number of halogens is 2. The van der Waals surface area contributed by atoms with E-state index in [1.54, 1.807) is 11.3 Å². The fourth-order valence-electron chi connectivity index (χ4n) is 0.361. The van der Waals surface area contributed by atoms with Crippen LogP contribution in [-0.2, 0) is 0 Å². The monoisotopic (exact) mass is 280 g/mol. The standard InChI is InChI=1S/C5H6S.2BrH.Mg/c1-5-3-2-4-6-5;;;/h2-4H,1H3;2*1H;/q;;;+2/p-2. The van der Waals surface area contributed by atoms with Crippen molar-refractivity contribution in [3.05, 3.63) is 22.4 Å². The van der Waals surface area contributed by atoms with Crippen LogP contribution in [0, 0.1) is 6.92 Å². The quantitative estimate of drug-likeness (QED) is 0.422. The number of aryl methyl sites for hydroxylation is 1. The molecule has 0 saturated carbocycles. The fourth-order valence-corrected chi connectivity index (χ4v) is 0.890. The first-order chi connectivity index (χ1) is 2.89. The van der Waals surface area contributed by atoms with Crippen LogP contribution in [0.15, 0.2) is 17.5 Å². The number of hydrogen-bond donors (Lipinski definition) is 0. The molecule has 0 bridgehead atoms. The molecule has 0 aromatic carbocycles. The molecular formula is C5H6Br2MgS. The smallest absolute Gasteiger partial charge is 1.00 e.